The van der Waals surface area contributed by atoms with Gasteiger partial charge in [-0.1, -0.05) is 0 Å². The predicted molar refractivity (Wildman–Crippen MR) is 109 cm³/mol. The fraction of sp³-hybridized carbons (Fsp3) is 0.500. The Morgan fingerprint density at radius 1 is 1.09 bits per heavy atom. The summed E-state index contributed by atoms with van der Waals surface area (Å²) in [4.78, 5) is 60.6. The summed E-state index contributed by atoms with van der Waals surface area (Å²) >= 11 is 3.87. The maximum atomic E-state index is 11.5. The normalized spacial score (nSPS) is 12.6. The van der Waals surface area contributed by atoms with Crippen molar-refractivity contribution in [1.82, 2.24) is 20.6 Å². The molecule has 0 aliphatic carbocycles. The quantitative estimate of drug-likeness (QED) is 0.0991. The number of nitrogens with zero attached hydrogens (tertiary/aromatic N) is 1. The van der Waals surface area contributed by atoms with Gasteiger partial charge in [0.2, 0.25) is 11.8 Å². The first-order valence-electron chi connectivity index (χ1n) is 8.82. The maximum absolute atomic E-state index is 11.5. The van der Waals surface area contributed by atoms with Crippen LogP contribution in [0.1, 0.15) is 18.5 Å². The van der Waals surface area contributed by atoms with Crippen LogP contribution < -0.4 is 22.1 Å². The molecule has 0 bridgehead atoms. The molecule has 3 atom stereocenters. The molecule has 1 radical (unpaired) electrons. The second kappa shape index (κ2) is 17.0. The molecule has 0 saturated heterocycles. The van der Waals surface area contributed by atoms with Crippen LogP contribution >= 0.6 is 12.6 Å². The van der Waals surface area contributed by atoms with Crippen molar-refractivity contribution >= 4 is 42.4 Å². The molecule has 0 saturated carbocycles. The van der Waals surface area contributed by atoms with Crippen LogP contribution in [0.3, 0.4) is 0 Å². The number of aromatic nitrogens is 2. The van der Waals surface area contributed by atoms with E-state index in [0.717, 1.165) is 0 Å². The Hall–Kier alpha value is -2.65. The van der Waals surface area contributed by atoms with Gasteiger partial charge >= 0.3 is 17.9 Å². The Balaban J connectivity index is 0. The number of amides is 2. The molecule has 1 aromatic rings. The molecular weight excluding hydrogens is 500 g/mol. The summed E-state index contributed by atoms with van der Waals surface area (Å²) < 4.78 is 0. The summed E-state index contributed by atoms with van der Waals surface area (Å²) in [5.41, 5.74) is 11.2. The van der Waals surface area contributed by atoms with Gasteiger partial charge < -0.3 is 42.4 Å². The molecule has 16 heteroatoms. The van der Waals surface area contributed by atoms with Crippen LogP contribution in [0.4, 0.5) is 0 Å². The summed E-state index contributed by atoms with van der Waals surface area (Å²) in [5.74, 6) is -4.71. The van der Waals surface area contributed by atoms with E-state index in [9.17, 15) is 24.0 Å². The molecule has 10 N–H and O–H groups in total. The molecule has 14 nitrogen and oxygen atoms in total. The third-order valence-corrected chi connectivity index (χ3v) is 3.91. The number of nitrogens with one attached hydrogen (secondary N) is 3. The van der Waals surface area contributed by atoms with Gasteiger partial charge in [-0.25, -0.2) is 4.98 Å². The van der Waals surface area contributed by atoms with Crippen molar-refractivity contribution in [2.45, 2.75) is 37.4 Å². The van der Waals surface area contributed by atoms with Gasteiger partial charge in [0.1, 0.15) is 24.7 Å². The Morgan fingerprint density at radius 2 is 1.69 bits per heavy atom. The van der Waals surface area contributed by atoms with Gasteiger partial charge in [-0.05, 0) is 6.42 Å². The fourth-order valence-corrected chi connectivity index (χ4v) is 2.13. The van der Waals surface area contributed by atoms with Crippen molar-refractivity contribution in [3.8, 4) is 0 Å². The van der Waals surface area contributed by atoms with Gasteiger partial charge in [0.25, 0.3) is 0 Å². The first-order valence-corrected chi connectivity index (χ1v) is 9.45. The molecule has 2 amide bonds. The Kier molecular flexibility index (Phi) is 16.7. The number of hydrogen-bond acceptors (Lipinski definition) is 9. The summed E-state index contributed by atoms with van der Waals surface area (Å²) in [6.45, 7) is -0.567. The van der Waals surface area contributed by atoms with E-state index in [4.69, 9.17) is 26.8 Å². The van der Waals surface area contributed by atoms with E-state index in [-0.39, 0.29) is 42.1 Å². The first kappa shape index (κ1) is 31.5. The minimum Gasteiger partial charge on any atom is -0.480 e. The number of hydrogen-bond donors (Lipinski definition) is 9. The predicted octanol–water partition coefficient (Wildman–Crippen LogP) is -2.84. The van der Waals surface area contributed by atoms with Crippen LogP contribution in [0.2, 0.25) is 0 Å². The second-order valence-corrected chi connectivity index (χ2v) is 6.47. The van der Waals surface area contributed by atoms with Crippen LogP contribution in [0.15, 0.2) is 12.5 Å². The number of carbonyl (C=O) groups is 5. The smallest absolute Gasteiger partial charge is 0.322 e. The van der Waals surface area contributed by atoms with Crippen molar-refractivity contribution in [3.63, 3.8) is 0 Å². The van der Waals surface area contributed by atoms with E-state index in [1.54, 1.807) is 6.20 Å². The van der Waals surface area contributed by atoms with Crippen LogP contribution in [0.5, 0.6) is 0 Å². The molecule has 1 heterocycles. The first-order chi connectivity index (χ1) is 14.5. The zero-order valence-corrected chi connectivity index (χ0v) is 18.5. The minimum absolute atomic E-state index is 0. The van der Waals surface area contributed by atoms with Gasteiger partial charge in [0, 0.05) is 41.9 Å². The van der Waals surface area contributed by atoms with Crippen molar-refractivity contribution in [2.75, 3.05) is 12.3 Å². The van der Waals surface area contributed by atoms with Crippen LogP contribution in [0.25, 0.3) is 0 Å². The summed E-state index contributed by atoms with van der Waals surface area (Å²) in [5, 5.41) is 29.8. The van der Waals surface area contributed by atoms with Crippen LogP contribution in [0, 0.1) is 0 Å². The van der Waals surface area contributed by atoms with E-state index in [0.29, 0.717) is 5.69 Å². The average Bonchev–Trinajstić information content (AvgIpc) is 3.21. The number of thiol groups is 1. The standard InChI is InChI=1S/C10H17N3O6S.C6H9N3O2.Cu/c11-5(10(18)19)1-2-7(14)13-6(4-20)9(17)12-3-8(15)16;7-5(6(10)11)1-4-2-8-3-9-4;/h5-6,20H,1-4,11H2,(H,12,17)(H,13,14)(H,15,16)(H,18,19);2-3,5H,1,7H2,(H,8,9)(H,10,11);. The molecule has 1 rings (SSSR count). The molecule has 0 aliphatic heterocycles. The van der Waals surface area contributed by atoms with Gasteiger partial charge in [-0.15, -0.1) is 0 Å². The van der Waals surface area contributed by atoms with E-state index in [2.05, 4.69) is 33.2 Å². The average molecular weight is 526 g/mol. The zero-order valence-electron chi connectivity index (χ0n) is 16.7. The zero-order chi connectivity index (χ0) is 24.0. The van der Waals surface area contributed by atoms with Gasteiger partial charge in [0.05, 0.1) is 12.0 Å². The summed E-state index contributed by atoms with van der Waals surface area (Å²) in [6, 6.07) is -3.01. The largest absolute Gasteiger partial charge is 0.480 e. The van der Waals surface area contributed by atoms with Crippen molar-refractivity contribution in [2.24, 2.45) is 11.5 Å². The second-order valence-electron chi connectivity index (χ2n) is 6.11. The number of aromatic amines is 1. The van der Waals surface area contributed by atoms with E-state index < -0.39 is 54.4 Å². The number of nitrogens with two attached hydrogens (primary N) is 2. The van der Waals surface area contributed by atoms with Crippen LogP contribution in [-0.2, 0) is 47.5 Å². The molecule has 3 unspecified atom stereocenters. The minimum atomic E-state index is -1.22. The Bertz CT molecular complexity index is 751. The molecular formula is C16H26CuN6O8S. The monoisotopic (exact) mass is 525 g/mol. The SMILES string of the molecule is NC(CCC(=O)NC(CS)C(=O)NCC(=O)O)C(=O)O.NC(Cc1c[nH]cn1)C(=O)O.[Cu]. The van der Waals surface area contributed by atoms with Gasteiger partial charge in [-0.3, -0.25) is 24.0 Å². The number of carboxylic acid groups (broad SMARTS) is 3. The van der Waals surface area contributed by atoms with E-state index in [1.807, 2.05) is 0 Å². The van der Waals surface area contributed by atoms with Crippen molar-refractivity contribution in [3.05, 3.63) is 18.2 Å². The number of aliphatic carboxylic acids is 3. The fourth-order valence-electron chi connectivity index (χ4n) is 1.87. The number of H-pyrrole nitrogens is 1. The van der Waals surface area contributed by atoms with Gasteiger partial charge in [-0.2, -0.15) is 12.6 Å². The van der Waals surface area contributed by atoms with E-state index >= 15 is 0 Å². The molecule has 185 valence electrons. The number of rotatable bonds is 12. The summed E-state index contributed by atoms with van der Waals surface area (Å²) in [7, 11) is 0. The maximum Gasteiger partial charge on any atom is 0.322 e. The summed E-state index contributed by atoms with van der Waals surface area (Å²) in [6.07, 6.45) is 3.15. The van der Waals surface area contributed by atoms with Crippen molar-refractivity contribution in [1.29, 1.82) is 0 Å². The molecule has 0 fully saturated rings. The number of carboxylic acids is 3. The Labute approximate surface area is 198 Å². The number of imidazole rings is 1. The third-order valence-electron chi connectivity index (χ3n) is 3.55. The van der Waals surface area contributed by atoms with Crippen LogP contribution in [-0.4, -0.2) is 85.4 Å². The van der Waals surface area contributed by atoms with Crippen molar-refractivity contribution < 1.29 is 56.4 Å². The molecule has 0 aliphatic rings. The molecule has 1 aromatic heterocycles. The van der Waals surface area contributed by atoms with E-state index in [1.165, 1.54) is 6.33 Å². The number of carbonyl (C=O) groups excluding carboxylic acids is 2. The topological polar surface area (TPSA) is 251 Å². The third kappa shape index (κ3) is 14.4. The van der Waals surface area contributed by atoms with Gasteiger partial charge in [0.15, 0.2) is 0 Å². The molecule has 0 spiro atoms. The Morgan fingerprint density at radius 3 is 2.12 bits per heavy atom. The molecule has 0 aromatic carbocycles. The molecule has 32 heavy (non-hydrogen) atoms.